The van der Waals surface area contributed by atoms with Gasteiger partial charge in [0.15, 0.2) is 0 Å². The molecule has 2 atom stereocenters. The summed E-state index contributed by atoms with van der Waals surface area (Å²) in [5.74, 6) is -0.103. The summed E-state index contributed by atoms with van der Waals surface area (Å²) in [6.45, 7) is 6.93. The van der Waals surface area contributed by atoms with E-state index in [0.29, 0.717) is 6.54 Å². The molecule has 1 aromatic heterocycles. The van der Waals surface area contributed by atoms with Crippen LogP contribution in [0.25, 0.3) is 0 Å². The molecule has 1 aromatic rings. The highest BCUT2D eigenvalue weighted by molar-refractivity contribution is 7.88. The Labute approximate surface area is 143 Å². The number of hydrogen-bond acceptors (Lipinski definition) is 5. The van der Waals surface area contributed by atoms with Gasteiger partial charge in [0, 0.05) is 19.6 Å². The van der Waals surface area contributed by atoms with Crippen molar-refractivity contribution >= 4 is 21.6 Å². The van der Waals surface area contributed by atoms with Crippen molar-refractivity contribution in [3.8, 4) is 0 Å². The van der Waals surface area contributed by atoms with Gasteiger partial charge in [-0.2, -0.15) is 5.10 Å². The molecule has 0 unspecified atom stereocenters. The number of carbonyl (C=O) groups excluding carboxylic acids is 1. The number of piperidine rings is 1. The first-order valence-electron chi connectivity index (χ1n) is 8.11. The fraction of sp³-hybridized carbons (Fsp3) is 0.733. The third kappa shape index (κ3) is 4.55. The molecule has 0 aliphatic carbocycles. The number of likely N-dealkylation sites (tertiary alicyclic amines) is 1. The first-order chi connectivity index (χ1) is 11.1. The summed E-state index contributed by atoms with van der Waals surface area (Å²) in [7, 11) is -1.40. The largest absolute Gasteiger partial charge is 0.322 e. The maximum atomic E-state index is 12.6. The zero-order valence-corrected chi connectivity index (χ0v) is 15.8. The van der Waals surface area contributed by atoms with Gasteiger partial charge in [-0.05, 0) is 40.2 Å². The molecule has 1 aliphatic rings. The van der Waals surface area contributed by atoms with Gasteiger partial charge in [0.1, 0.15) is 0 Å². The summed E-state index contributed by atoms with van der Waals surface area (Å²) >= 11 is 0. The van der Waals surface area contributed by atoms with Crippen molar-refractivity contribution in [1.82, 2.24) is 19.4 Å². The number of nitrogens with zero attached hydrogens (tertiary/aromatic N) is 3. The highest BCUT2D eigenvalue weighted by Gasteiger charge is 2.29. The van der Waals surface area contributed by atoms with Gasteiger partial charge in [0.05, 0.1) is 29.4 Å². The van der Waals surface area contributed by atoms with Crippen molar-refractivity contribution in [3.05, 3.63) is 11.4 Å². The van der Waals surface area contributed by atoms with Crippen molar-refractivity contribution in [3.63, 3.8) is 0 Å². The van der Waals surface area contributed by atoms with Crippen molar-refractivity contribution in [2.45, 2.75) is 45.7 Å². The lowest BCUT2D eigenvalue weighted by Gasteiger charge is -2.36. The molecule has 0 aromatic carbocycles. The molecular formula is C15H27N5O3S. The molecule has 0 bridgehead atoms. The second-order valence-corrected chi connectivity index (χ2v) is 8.34. The van der Waals surface area contributed by atoms with Crippen LogP contribution in [0.1, 0.15) is 31.2 Å². The fourth-order valence-electron chi connectivity index (χ4n) is 3.11. The van der Waals surface area contributed by atoms with E-state index in [9.17, 15) is 13.2 Å². The van der Waals surface area contributed by atoms with Crippen LogP contribution in [0.4, 0.5) is 5.69 Å². The van der Waals surface area contributed by atoms with E-state index in [1.807, 2.05) is 32.7 Å². The summed E-state index contributed by atoms with van der Waals surface area (Å²) in [5.41, 5.74) is 2.44. The van der Waals surface area contributed by atoms with Gasteiger partial charge in [-0.15, -0.1) is 0 Å². The maximum absolute atomic E-state index is 12.6. The normalized spacial score (nSPS) is 20.8. The number of anilines is 1. The summed E-state index contributed by atoms with van der Waals surface area (Å²) in [6.07, 6.45) is 2.81. The minimum Gasteiger partial charge on any atom is -0.322 e. The van der Waals surface area contributed by atoms with Crippen molar-refractivity contribution in [2.24, 2.45) is 7.05 Å². The number of aryl methyl sites for hydroxylation is 2. The average molecular weight is 357 g/mol. The van der Waals surface area contributed by atoms with Crippen LogP contribution in [0.15, 0.2) is 0 Å². The van der Waals surface area contributed by atoms with Gasteiger partial charge in [-0.1, -0.05) is 0 Å². The van der Waals surface area contributed by atoms with E-state index >= 15 is 0 Å². The Morgan fingerprint density at radius 3 is 2.58 bits per heavy atom. The van der Waals surface area contributed by atoms with Crippen LogP contribution in [-0.2, 0) is 21.9 Å². The van der Waals surface area contributed by atoms with Gasteiger partial charge in [0.2, 0.25) is 15.9 Å². The third-order valence-corrected chi connectivity index (χ3v) is 5.28. The number of aromatic nitrogens is 2. The predicted octanol–water partition coefficient (Wildman–Crippen LogP) is 0.378. The highest BCUT2D eigenvalue weighted by atomic mass is 32.2. The Kier molecular flexibility index (Phi) is 5.67. The van der Waals surface area contributed by atoms with Crippen LogP contribution in [0.3, 0.4) is 0 Å². The van der Waals surface area contributed by atoms with Gasteiger partial charge in [-0.25, -0.2) is 13.1 Å². The zero-order chi connectivity index (χ0) is 18.1. The molecule has 8 nitrogen and oxygen atoms in total. The number of sulfonamides is 1. The van der Waals surface area contributed by atoms with E-state index < -0.39 is 10.0 Å². The van der Waals surface area contributed by atoms with Crippen molar-refractivity contribution in [1.29, 1.82) is 0 Å². The summed E-state index contributed by atoms with van der Waals surface area (Å²) in [4.78, 5) is 14.6. The van der Waals surface area contributed by atoms with E-state index in [1.165, 1.54) is 0 Å². The van der Waals surface area contributed by atoms with Crippen LogP contribution < -0.4 is 10.0 Å². The Morgan fingerprint density at radius 1 is 1.38 bits per heavy atom. The topological polar surface area (TPSA) is 96.3 Å². The molecule has 1 amide bonds. The van der Waals surface area contributed by atoms with E-state index in [0.717, 1.165) is 42.7 Å². The summed E-state index contributed by atoms with van der Waals surface area (Å²) in [6, 6.07) is -0.487. The van der Waals surface area contributed by atoms with Gasteiger partial charge in [-0.3, -0.25) is 14.4 Å². The lowest BCUT2D eigenvalue weighted by molar-refractivity contribution is -0.121. The molecule has 0 radical (unpaired) electrons. The van der Waals surface area contributed by atoms with E-state index in [-0.39, 0.29) is 18.0 Å². The average Bonchev–Trinajstić information content (AvgIpc) is 2.71. The molecule has 1 fully saturated rings. The molecule has 24 heavy (non-hydrogen) atoms. The Bertz CT molecular complexity index is 713. The molecule has 0 saturated carbocycles. The molecule has 2 N–H and O–H groups in total. The van der Waals surface area contributed by atoms with Crippen LogP contribution >= 0.6 is 0 Å². The van der Waals surface area contributed by atoms with Gasteiger partial charge in [0.25, 0.3) is 0 Å². The van der Waals surface area contributed by atoms with Crippen molar-refractivity contribution in [2.75, 3.05) is 24.7 Å². The first-order valence-corrected chi connectivity index (χ1v) is 10.00. The molecule has 2 heterocycles. The standard InChI is InChI=1S/C15H27N5O3S/c1-10-14(11(2)19(4)17-10)16-15(21)12(3)20-8-6-7-13(9-20)18-24(5,22)23/h12-13,18H,6-9H2,1-5H3,(H,16,21)/t12-,13+/m0/s1. The van der Waals surface area contributed by atoms with Crippen LogP contribution in [0.5, 0.6) is 0 Å². The fourth-order valence-corrected chi connectivity index (χ4v) is 3.90. The van der Waals surface area contributed by atoms with Crippen LogP contribution in [0, 0.1) is 13.8 Å². The van der Waals surface area contributed by atoms with Gasteiger partial charge >= 0.3 is 0 Å². The molecule has 9 heteroatoms. The minimum absolute atomic E-state index is 0.103. The van der Waals surface area contributed by atoms with E-state index in [1.54, 1.807) is 4.68 Å². The highest BCUT2D eigenvalue weighted by Crippen LogP contribution is 2.20. The predicted molar refractivity (Wildman–Crippen MR) is 93.3 cm³/mol. The summed E-state index contributed by atoms with van der Waals surface area (Å²) < 4.78 is 27.2. The molecule has 1 aliphatic heterocycles. The molecule has 2 rings (SSSR count). The lowest BCUT2D eigenvalue weighted by atomic mass is 10.0. The first kappa shape index (κ1) is 18.9. The van der Waals surface area contributed by atoms with Crippen molar-refractivity contribution < 1.29 is 13.2 Å². The van der Waals surface area contributed by atoms with Crippen LogP contribution in [-0.4, -0.2) is 60.4 Å². The third-order valence-electron chi connectivity index (χ3n) is 4.52. The molecule has 1 saturated heterocycles. The summed E-state index contributed by atoms with van der Waals surface area (Å²) in [5, 5.41) is 7.26. The number of amides is 1. The van der Waals surface area contributed by atoms with Gasteiger partial charge < -0.3 is 5.32 Å². The Morgan fingerprint density at radius 2 is 2.04 bits per heavy atom. The smallest absolute Gasteiger partial charge is 0.241 e. The number of carbonyl (C=O) groups is 1. The molecular weight excluding hydrogens is 330 g/mol. The second-order valence-electron chi connectivity index (χ2n) is 6.56. The van der Waals surface area contributed by atoms with E-state index in [4.69, 9.17) is 0 Å². The zero-order valence-electron chi connectivity index (χ0n) is 15.0. The molecule has 0 spiro atoms. The van der Waals surface area contributed by atoms with Crippen LogP contribution in [0.2, 0.25) is 0 Å². The Balaban J connectivity index is 2.02. The number of hydrogen-bond donors (Lipinski definition) is 2. The number of rotatable bonds is 5. The second kappa shape index (κ2) is 7.20. The number of nitrogens with one attached hydrogen (secondary N) is 2. The SMILES string of the molecule is Cc1nn(C)c(C)c1NC(=O)[C@H](C)N1CCC[C@@H](NS(C)(=O)=O)C1. The maximum Gasteiger partial charge on any atom is 0.241 e. The van der Waals surface area contributed by atoms with E-state index in [2.05, 4.69) is 15.1 Å². The quantitative estimate of drug-likeness (QED) is 0.794. The minimum atomic E-state index is -3.24. The monoisotopic (exact) mass is 357 g/mol. The molecule has 136 valence electrons. The lowest BCUT2D eigenvalue weighted by Crippen LogP contribution is -2.52. The Hall–Kier alpha value is -1.45.